The van der Waals surface area contributed by atoms with Gasteiger partial charge in [0.2, 0.25) is 5.96 Å². The number of hydrogen-bond donors (Lipinski definition) is 2. The molecule has 4 aromatic carbocycles. The van der Waals surface area contributed by atoms with Crippen molar-refractivity contribution in [2.75, 3.05) is 13.7 Å². The highest BCUT2D eigenvalue weighted by Crippen LogP contribution is 2.30. The molecule has 0 aromatic heterocycles. The fraction of sp³-hybridized carbons (Fsp3) is 0.0968. The van der Waals surface area contributed by atoms with Crippen molar-refractivity contribution in [1.82, 2.24) is 10.3 Å². The fourth-order valence-corrected chi connectivity index (χ4v) is 5.46. The van der Waals surface area contributed by atoms with E-state index < -0.39 is 15.9 Å². The molecule has 0 saturated heterocycles. The monoisotopic (exact) mass is 614 g/mol. The molecule has 1 atom stereocenters. The van der Waals surface area contributed by atoms with E-state index in [0.717, 1.165) is 11.1 Å². The highest BCUT2D eigenvalue weighted by Gasteiger charge is 2.33. The standard InChI is InChI=1S/C31H27ClN6O4S/c1-42-25-16-18-26(19-17-25)43(40,41)37-31(35-30(33)34-29(39)23-10-6-3-7-11-23)38-20-27(21-8-4-2-5-9-21)28(36-38)22-12-14-24(32)15-13-22/h2-19,27H,20H2,1H3,(H3,33,34,35,37,39). The van der Waals surface area contributed by atoms with E-state index in [4.69, 9.17) is 27.2 Å². The fourth-order valence-electron chi connectivity index (χ4n) is 4.40. The summed E-state index contributed by atoms with van der Waals surface area (Å²) in [4.78, 5) is 16.9. The summed E-state index contributed by atoms with van der Waals surface area (Å²) in [6.07, 6.45) is 0. The number of methoxy groups -OCH3 is 1. The first kappa shape index (κ1) is 29.5. The van der Waals surface area contributed by atoms with Gasteiger partial charge in [-0.15, -0.1) is 4.40 Å². The summed E-state index contributed by atoms with van der Waals surface area (Å²) in [5, 5.41) is 9.18. The largest absolute Gasteiger partial charge is 0.497 e. The number of carbonyl (C=O) groups excluding carboxylic acids is 1. The number of hydrazone groups is 1. The van der Waals surface area contributed by atoms with Crippen molar-refractivity contribution in [3.8, 4) is 5.75 Å². The number of amides is 1. The van der Waals surface area contributed by atoms with Crippen LogP contribution in [-0.4, -0.2) is 50.6 Å². The number of ether oxygens (including phenoxy) is 1. The van der Waals surface area contributed by atoms with Crippen molar-refractivity contribution in [1.29, 1.82) is 0 Å². The second-order valence-corrected chi connectivity index (χ2v) is 11.4. The van der Waals surface area contributed by atoms with Gasteiger partial charge in [0, 0.05) is 16.5 Å². The average Bonchev–Trinajstić information content (AvgIpc) is 3.47. The Hall–Kier alpha value is -5.00. The molecule has 1 unspecified atom stereocenters. The third kappa shape index (κ3) is 7.08. The molecule has 0 spiro atoms. The molecular weight excluding hydrogens is 588 g/mol. The second kappa shape index (κ2) is 12.9. The molecule has 1 aliphatic rings. The molecule has 1 amide bonds. The zero-order chi connectivity index (χ0) is 30.4. The molecule has 1 heterocycles. The Labute approximate surface area is 254 Å². The molecule has 1 aliphatic heterocycles. The number of benzene rings is 4. The minimum Gasteiger partial charge on any atom is -0.497 e. The van der Waals surface area contributed by atoms with Gasteiger partial charge in [0.15, 0.2) is 0 Å². The van der Waals surface area contributed by atoms with Gasteiger partial charge < -0.3 is 10.5 Å². The first-order valence-electron chi connectivity index (χ1n) is 13.1. The van der Waals surface area contributed by atoms with Crippen LogP contribution in [0.25, 0.3) is 0 Å². The van der Waals surface area contributed by atoms with E-state index in [1.54, 1.807) is 42.5 Å². The molecule has 3 N–H and O–H groups in total. The van der Waals surface area contributed by atoms with Gasteiger partial charge >= 0.3 is 0 Å². The zero-order valence-electron chi connectivity index (χ0n) is 23.0. The molecule has 12 heteroatoms. The topological polar surface area (TPSA) is 139 Å². The van der Waals surface area contributed by atoms with Crippen molar-refractivity contribution in [2.45, 2.75) is 10.8 Å². The number of sulfonamides is 1. The minimum atomic E-state index is -4.29. The van der Waals surface area contributed by atoms with Crippen LogP contribution in [0.4, 0.5) is 0 Å². The number of rotatable bonds is 6. The first-order chi connectivity index (χ1) is 20.7. The highest BCUT2D eigenvalue weighted by molar-refractivity contribution is 7.90. The lowest BCUT2D eigenvalue weighted by Crippen LogP contribution is -2.39. The lowest BCUT2D eigenvalue weighted by Gasteiger charge is -2.16. The van der Waals surface area contributed by atoms with E-state index >= 15 is 0 Å². The Balaban J connectivity index is 1.58. The molecule has 0 radical (unpaired) electrons. The van der Waals surface area contributed by atoms with Gasteiger partial charge in [-0.3, -0.25) is 10.1 Å². The Morgan fingerprint density at radius 3 is 2.21 bits per heavy atom. The maximum Gasteiger partial charge on any atom is 0.285 e. The number of nitrogens with two attached hydrogens (primary N) is 1. The van der Waals surface area contributed by atoms with Crippen LogP contribution < -0.4 is 15.8 Å². The zero-order valence-corrected chi connectivity index (χ0v) is 24.5. The third-order valence-corrected chi connectivity index (χ3v) is 8.07. The SMILES string of the molecule is COc1ccc(S(=O)(=O)/N=C(/N=C(\N)NC(=O)c2ccccc2)N2CC(c3ccccc3)C(c3ccc(Cl)cc3)=N2)cc1. The van der Waals surface area contributed by atoms with Gasteiger partial charge in [-0.1, -0.05) is 72.3 Å². The van der Waals surface area contributed by atoms with Gasteiger partial charge in [0.1, 0.15) is 5.75 Å². The number of carbonyl (C=O) groups is 1. The number of nitrogens with zero attached hydrogens (tertiary/aromatic N) is 4. The van der Waals surface area contributed by atoms with Gasteiger partial charge in [0.05, 0.1) is 24.3 Å². The Morgan fingerprint density at radius 2 is 1.58 bits per heavy atom. The van der Waals surface area contributed by atoms with E-state index in [9.17, 15) is 13.2 Å². The van der Waals surface area contributed by atoms with Crippen molar-refractivity contribution >= 4 is 45.2 Å². The van der Waals surface area contributed by atoms with E-state index in [2.05, 4.69) is 14.7 Å². The molecular formula is C31H27ClN6O4S. The summed E-state index contributed by atoms with van der Waals surface area (Å²) in [5.74, 6) is -0.994. The van der Waals surface area contributed by atoms with E-state index in [-0.39, 0.29) is 29.3 Å². The molecule has 10 nitrogen and oxygen atoms in total. The Kier molecular flexibility index (Phi) is 8.84. The highest BCUT2D eigenvalue weighted by atomic mass is 35.5. The lowest BCUT2D eigenvalue weighted by molar-refractivity contribution is 0.0976. The van der Waals surface area contributed by atoms with Gasteiger partial charge in [-0.25, -0.2) is 5.01 Å². The van der Waals surface area contributed by atoms with Crippen LogP contribution >= 0.6 is 11.6 Å². The van der Waals surface area contributed by atoms with E-state index in [0.29, 0.717) is 22.0 Å². The predicted octanol–water partition coefficient (Wildman–Crippen LogP) is 4.64. The number of guanidine groups is 2. The van der Waals surface area contributed by atoms with Crippen LogP contribution in [0.15, 0.2) is 129 Å². The summed E-state index contributed by atoms with van der Waals surface area (Å²) in [7, 11) is -2.81. The summed E-state index contributed by atoms with van der Waals surface area (Å²) >= 11 is 6.13. The molecule has 4 aromatic rings. The molecule has 218 valence electrons. The van der Waals surface area contributed by atoms with Gasteiger partial charge in [-0.2, -0.15) is 18.5 Å². The number of halogens is 1. The van der Waals surface area contributed by atoms with Crippen molar-refractivity contribution in [2.24, 2.45) is 20.2 Å². The smallest absolute Gasteiger partial charge is 0.285 e. The normalized spacial score (nSPS) is 15.6. The van der Waals surface area contributed by atoms with Crippen LogP contribution in [0.1, 0.15) is 27.4 Å². The Bertz CT molecular complexity index is 1800. The summed E-state index contributed by atoms with van der Waals surface area (Å²) in [5.41, 5.74) is 8.85. The van der Waals surface area contributed by atoms with E-state index in [1.807, 2.05) is 42.5 Å². The van der Waals surface area contributed by atoms with Gasteiger partial charge in [0.25, 0.3) is 21.9 Å². The molecule has 43 heavy (non-hydrogen) atoms. The van der Waals surface area contributed by atoms with Crippen LogP contribution in [0.2, 0.25) is 5.02 Å². The minimum absolute atomic E-state index is 0.0893. The van der Waals surface area contributed by atoms with Crippen molar-refractivity contribution in [3.05, 3.63) is 131 Å². The average molecular weight is 615 g/mol. The van der Waals surface area contributed by atoms with Gasteiger partial charge in [-0.05, 0) is 59.7 Å². The maximum atomic E-state index is 13.4. The quantitative estimate of drug-likeness (QED) is 0.240. The molecule has 0 fully saturated rings. The molecule has 5 rings (SSSR count). The van der Waals surface area contributed by atoms with E-state index in [1.165, 1.54) is 36.4 Å². The van der Waals surface area contributed by atoms with Crippen LogP contribution in [-0.2, 0) is 10.0 Å². The van der Waals surface area contributed by atoms with Crippen LogP contribution in [0.3, 0.4) is 0 Å². The molecule has 0 saturated carbocycles. The van der Waals surface area contributed by atoms with Crippen molar-refractivity contribution in [3.63, 3.8) is 0 Å². The predicted molar refractivity (Wildman–Crippen MR) is 167 cm³/mol. The maximum absolute atomic E-state index is 13.4. The Morgan fingerprint density at radius 1 is 0.953 bits per heavy atom. The number of nitrogens with one attached hydrogen (secondary N) is 1. The number of hydrogen-bond acceptors (Lipinski definition) is 5. The summed E-state index contributed by atoms with van der Waals surface area (Å²) in [6.45, 7) is 0.197. The second-order valence-electron chi connectivity index (χ2n) is 9.40. The third-order valence-electron chi connectivity index (χ3n) is 6.54. The van der Waals surface area contributed by atoms with Crippen LogP contribution in [0.5, 0.6) is 5.75 Å². The molecule has 0 aliphatic carbocycles. The first-order valence-corrected chi connectivity index (χ1v) is 14.9. The van der Waals surface area contributed by atoms with Crippen LogP contribution in [0, 0.1) is 0 Å². The van der Waals surface area contributed by atoms with Crippen molar-refractivity contribution < 1.29 is 17.9 Å². The number of aliphatic imine (C=N–C) groups is 1. The summed E-state index contributed by atoms with van der Waals surface area (Å²) in [6, 6.07) is 31.0. The molecule has 0 bridgehead atoms. The summed E-state index contributed by atoms with van der Waals surface area (Å²) < 4.78 is 36.1. The lowest BCUT2D eigenvalue weighted by atomic mass is 9.91.